The molecule has 3 amide bonds. The number of anilines is 1. The van der Waals surface area contributed by atoms with E-state index in [-0.39, 0.29) is 41.8 Å². The summed E-state index contributed by atoms with van der Waals surface area (Å²) in [4.78, 5) is 48.8. The molecule has 41 heavy (non-hydrogen) atoms. The highest BCUT2D eigenvalue weighted by Crippen LogP contribution is 2.24. The van der Waals surface area contributed by atoms with Crippen molar-refractivity contribution in [2.45, 2.75) is 26.3 Å². The number of nitrogens with one attached hydrogen (secondary N) is 1. The summed E-state index contributed by atoms with van der Waals surface area (Å²) in [7, 11) is 0. The predicted octanol–water partition coefficient (Wildman–Crippen LogP) is 5.34. The first kappa shape index (κ1) is 30.7. The van der Waals surface area contributed by atoms with Crippen LogP contribution < -0.4 is 5.32 Å². The van der Waals surface area contributed by atoms with Crippen LogP contribution in [-0.4, -0.2) is 82.7 Å². The molecular formula is C30H33Cl2N5O3S. The minimum absolute atomic E-state index is 0.0193. The van der Waals surface area contributed by atoms with Crippen molar-refractivity contribution in [2.24, 2.45) is 0 Å². The van der Waals surface area contributed by atoms with Crippen LogP contribution in [0.1, 0.15) is 35.5 Å². The van der Waals surface area contributed by atoms with E-state index < -0.39 is 0 Å². The van der Waals surface area contributed by atoms with Gasteiger partial charge in [0.05, 0.1) is 22.2 Å². The highest BCUT2D eigenvalue weighted by atomic mass is 35.5. The lowest BCUT2D eigenvalue weighted by atomic mass is 10.1. The standard InChI is InChI=1S/C30H33Cl2N5O3S/c1-21(2)37(29(40)23-10-11-25(31)26(32)17-23)19-27(38)34-30-33-24(20-41-30)18-28(39)36-15-13-35(14-16-36)12-6-9-22-7-4-3-5-8-22/h3-11,17,20-21H,12-16,18-19H2,1-2H3,(H,33,34,38)/b9-6+. The van der Waals surface area contributed by atoms with E-state index in [0.29, 0.717) is 34.5 Å². The van der Waals surface area contributed by atoms with Crippen LogP contribution in [0.3, 0.4) is 0 Å². The van der Waals surface area contributed by atoms with Crippen LogP contribution in [0, 0.1) is 0 Å². The van der Waals surface area contributed by atoms with Crippen LogP contribution in [0.5, 0.6) is 0 Å². The molecule has 0 atom stereocenters. The van der Waals surface area contributed by atoms with Crippen LogP contribution in [0.25, 0.3) is 6.08 Å². The summed E-state index contributed by atoms with van der Waals surface area (Å²) in [5, 5.41) is 5.54. The number of benzene rings is 2. The maximum absolute atomic E-state index is 13.0. The first-order chi connectivity index (χ1) is 19.7. The summed E-state index contributed by atoms with van der Waals surface area (Å²) in [6, 6.07) is 14.6. The number of carbonyl (C=O) groups is 3. The van der Waals surface area contributed by atoms with Crippen molar-refractivity contribution in [3.8, 4) is 0 Å². The van der Waals surface area contributed by atoms with Crippen molar-refractivity contribution in [3.05, 3.63) is 86.9 Å². The van der Waals surface area contributed by atoms with E-state index >= 15 is 0 Å². The molecule has 4 rings (SSSR count). The number of hydrogen-bond acceptors (Lipinski definition) is 6. The van der Waals surface area contributed by atoms with E-state index in [1.165, 1.54) is 27.9 Å². The summed E-state index contributed by atoms with van der Waals surface area (Å²) in [6.45, 7) is 7.32. The van der Waals surface area contributed by atoms with Crippen molar-refractivity contribution in [2.75, 3.05) is 44.6 Å². The van der Waals surface area contributed by atoms with Crippen molar-refractivity contribution in [1.82, 2.24) is 19.7 Å². The van der Waals surface area contributed by atoms with Crippen LogP contribution in [0.2, 0.25) is 10.0 Å². The lowest BCUT2D eigenvalue weighted by Crippen LogP contribution is -2.49. The lowest BCUT2D eigenvalue weighted by Gasteiger charge is -2.34. The first-order valence-electron chi connectivity index (χ1n) is 13.4. The van der Waals surface area contributed by atoms with Gasteiger partial charge in [0.15, 0.2) is 5.13 Å². The monoisotopic (exact) mass is 613 g/mol. The van der Waals surface area contributed by atoms with Crippen molar-refractivity contribution in [3.63, 3.8) is 0 Å². The number of carbonyl (C=O) groups excluding carboxylic acids is 3. The van der Waals surface area contributed by atoms with Crippen LogP contribution >= 0.6 is 34.5 Å². The lowest BCUT2D eigenvalue weighted by molar-refractivity contribution is -0.132. The average molecular weight is 615 g/mol. The Morgan fingerprint density at radius 1 is 1.05 bits per heavy atom. The normalized spacial score (nSPS) is 14.0. The number of amides is 3. The van der Waals surface area contributed by atoms with Crippen molar-refractivity contribution < 1.29 is 14.4 Å². The summed E-state index contributed by atoms with van der Waals surface area (Å²) in [6.07, 6.45) is 4.44. The Kier molecular flexibility index (Phi) is 10.9. The largest absolute Gasteiger partial charge is 0.340 e. The quantitative estimate of drug-likeness (QED) is 0.334. The van der Waals surface area contributed by atoms with Gasteiger partial charge in [-0.2, -0.15) is 0 Å². The zero-order valence-corrected chi connectivity index (χ0v) is 25.4. The summed E-state index contributed by atoms with van der Waals surface area (Å²) in [5.74, 6) is -0.686. The number of piperazine rings is 1. The van der Waals surface area contributed by atoms with Gasteiger partial charge in [-0.1, -0.05) is 65.7 Å². The number of halogens is 2. The maximum Gasteiger partial charge on any atom is 0.254 e. The van der Waals surface area contributed by atoms with Gasteiger partial charge in [0.25, 0.3) is 5.91 Å². The average Bonchev–Trinajstić information content (AvgIpc) is 3.39. The highest BCUT2D eigenvalue weighted by molar-refractivity contribution is 7.13. The van der Waals surface area contributed by atoms with Gasteiger partial charge in [-0.15, -0.1) is 11.3 Å². The third kappa shape index (κ3) is 8.87. The zero-order valence-electron chi connectivity index (χ0n) is 23.1. The smallest absolute Gasteiger partial charge is 0.254 e. The minimum atomic E-state index is -0.378. The molecule has 2 aromatic carbocycles. The Morgan fingerprint density at radius 2 is 1.78 bits per heavy atom. The zero-order chi connectivity index (χ0) is 29.4. The van der Waals surface area contributed by atoms with E-state index in [0.717, 1.165) is 19.6 Å². The fourth-order valence-electron chi connectivity index (χ4n) is 4.39. The molecule has 2 heterocycles. The summed E-state index contributed by atoms with van der Waals surface area (Å²) < 4.78 is 0. The van der Waals surface area contributed by atoms with Crippen molar-refractivity contribution in [1.29, 1.82) is 0 Å². The molecule has 1 saturated heterocycles. The second kappa shape index (κ2) is 14.6. The maximum atomic E-state index is 13.0. The summed E-state index contributed by atoms with van der Waals surface area (Å²) >= 11 is 13.3. The van der Waals surface area contributed by atoms with Gasteiger partial charge in [-0.05, 0) is 37.6 Å². The molecule has 1 aliphatic heterocycles. The molecule has 0 spiro atoms. The van der Waals surface area contributed by atoms with E-state index in [4.69, 9.17) is 23.2 Å². The van der Waals surface area contributed by atoms with Gasteiger partial charge in [0, 0.05) is 49.7 Å². The van der Waals surface area contributed by atoms with Crippen LogP contribution in [-0.2, 0) is 16.0 Å². The van der Waals surface area contributed by atoms with Crippen LogP contribution in [0.15, 0.2) is 60.0 Å². The van der Waals surface area contributed by atoms with Crippen molar-refractivity contribution >= 4 is 63.5 Å². The Morgan fingerprint density at radius 3 is 2.46 bits per heavy atom. The number of nitrogens with zero attached hydrogens (tertiary/aromatic N) is 4. The molecule has 8 nitrogen and oxygen atoms in total. The molecule has 1 fully saturated rings. The molecule has 0 radical (unpaired) electrons. The van der Waals surface area contributed by atoms with E-state index in [9.17, 15) is 14.4 Å². The fraction of sp³-hybridized carbons (Fsp3) is 0.333. The number of hydrogen-bond donors (Lipinski definition) is 1. The molecule has 216 valence electrons. The van der Waals surface area contributed by atoms with Gasteiger partial charge in [0.2, 0.25) is 11.8 Å². The van der Waals surface area contributed by atoms with E-state index in [1.54, 1.807) is 17.5 Å². The minimum Gasteiger partial charge on any atom is -0.340 e. The molecule has 0 unspecified atom stereocenters. The first-order valence-corrected chi connectivity index (χ1v) is 15.0. The molecule has 0 aliphatic carbocycles. The molecular weight excluding hydrogens is 581 g/mol. The molecule has 0 bridgehead atoms. The molecule has 11 heteroatoms. The number of rotatable bonds is 10. The number of aromatic nitrogens is 1. The highest BCUT2D eigenvalue weighted by Gasteiger charge is 2.24. The van der Waals surface area contributed by atoms with Gasteiger partial charge in [-0.3, -0.25) is 19.3 Å². The van der Waals surface area contributed by atoms with Gasteiger partial charge in [0.1, 0.15) is 6.54 Å². The molecule has 1 N–H and O–H groups in total. The SMILES string of the molecule is CC(C)N(CC(=O)Nc1nc(CC(=O)N2CCN(C/C=C/c3ccccc3)CC2)cs1)C(=O)c1ccc(Cl)c(Cl)c1. The Hall–Kier alpha value is -3.24. The molecule has 1 aliphatic rings. The molecule has 0 saturated carbocycles. The third-order valence-electron chi connectivity index (χ3n) is 6.69. The van der Waals surface area contributed by atoms with Gasteiger partial charge < -0.3 is 15.1 Å². The Balaban J connectivity index is 1.23. The molecule has 1 aromatic heterocycles. The Labute approximate surface area is 254 Å². The second-order valence-electron chi connectivity index (χ2n) is 10.0. The number of thiazole rings is 1. The molecule has 3 aromatic rings. The van der Waals surface area contributed by atoms with Gasteiger partial charge in [-0.25, -0.2) is 4.98 Å². The predicted molar refractivity (Wildman–Crippen MR) is 166 cm³/mol. The summed E-state index contributed by atoms with van der Waals surface area (Å²) in [5.41, 5.74) is 2.13. The Bertz CT molecular complexity index is 1390. The van der Waals surface area contributed by atoms with E-state index in [2.05, 4.69) is 39.5 Å². The van der Waals surface area contributed by atoms with E-state index in [1.807, 2.05) is 36.9 Å². The van der Waals surface area contributed by atoms with Crippen LogP contribution in [0.4, 0.5) is 5.13 Å². The third-order valence-corrected chi connectivity index (χ3v) is 8.24. The fourth-order valence-corrected chi connectivity index (χ4v) is 5.42. The topological polar surface area (TPSA) is 85.8 Å². The van der Waals surface area contributed by atoms with Gasteiger partial charge >= 0.3 is 0 Å². The second-order valence-corrected chi connectivity index (χ2v) is 11.7.